The molecule has 118 valence electrons. The van der Waals surface area contributed by atoms with E-state index >= 15 is 0 Å². The molecule has 1 fully saturated rings. The number of nitrogens with zero attached hydrogens (tertiary/aromatic N) is 1. The molecule has 0 aliphatic carbocycles. The van der Waals surface area contributed by atoms with Gasteiger partial charge in [0.2, 0.25) is 0 Å². The van der Waals surface area contributed by atoms with Crippen molar-refractivity contribution < 1.29 is 4.39 Å². The maximum atomic E-state index is 12.2. The molecule has 2 aromatic carbocycles. The van der Waals surface area contributed by atoms with E-state index in [0.29, 0.717) is 12.0 Å². The molecule has 0 N–H and O–H groups in total. The summed E-state index contributed by atoms with van der Waals surface area (Å²) in [5.41, 5.74) is 5.43. The van der Waals surface area contributed by atoms with Gasteiger partial charge in [0.15, 0.2) is 0 Å². The lowest BCUT2D eigenvalue weighted by Gasteiger charge is -2.37. The number of rotatable bonds is 3. The van der Waals surface area contributed by atoms with Crippen molar-refractivity contribution in [3.8, 4) is 0 Å². The summed E-state index contributed by atoms with van der Waals surface area (Å²) in [7, 11) is 0. The maximum absolute atomic E-state index is 12.2. The minimum Gasteiger partial charge on any atom is -0.295 e. The normalized spacial score (nSPS) is 23.9. The van der Waals surface area contributed by atoms with Crippen LogP contribution in [0.5, 0.6) is 0 Å². The van der Waals surface area contributed by atoms with Gasteiger partial charge in [-0.2, -0.15) is 0 Å². The molecular formula is C21H22FN. The van der Waals surface area contributed by atoms with Crippen LogP contribution < -0.4 is 0 Å². The Labute approximate surface area is 137 Å². The average Bonchev–Trinajstić information content (AvgIpc) is 3.08. The lowest BCUT2D eigenvalue weighted by Crippen LogP contribution is -2.34. The second kappa shape index (κ2) is 6.29. The summed E-state index contributed by atoms with van der Waals surface area (Å²) >= 11 is 0. The zero-order chi connectivity index (χ0) is 15.6. The first kappa shape index (κ1) is 14.6. The van der Waals surface area contributed by atoms with Crippen LogP contribution in [-0.2, 0) is 0 Å². The van der Waals surface area contributed by atoms with E-state index in [1.54, 1.807) is 6.08 Å². The van der Waals surface area contributed by atoms with Gasteiger partial charge in [0.25, 0.3) is 0 Å². The molecule has 23 heavy (non-hydrogen) atoms. The van der Waals surface area contributed by atoms with Crippen LogP contribution in [-0.4, -0.2) is 24.7 Å². The summed E-state index contributed by atoms with van der Waals surface area (Å²) in [6, 6.07) is 18.2. The zero-order valence-corrected chi connectivity index (χ0v) is 13.3. The number of fused-ring (bicyclic) bond motifs is 3. The molecule has 1 nitrogen and oxygen atoms in total. The van der Waals surface area contributed by atoms with Crippen molar-refractivity contribution in [2.24, 2.45) is 0 Å². The zero-order valence-electron chi connectivity index (χ0n) is 13.3. The fourth-order valence-corrected chi connectivity index (χ4v) is 4.17. The van der Waals surface area contributed by atoms with E-state index < -0.39 is 6.67 Å². The molecular weight excluding hydrogens is 284 g/mol. The van der Waals surface area contributed by atoms with Crippen molar-refractivity contribution in [1.29, 1.82) is 0 Å². The molecule has 0 spiro atoms. The van der Waals surface area contributed by atoms with Gasteiger partial charge in [0.1, 0.15) is 6.67 Å². The summed E-state index contributed by atoms with van der Waals surface area (Å²) in [6.45, 7) is 1.92. The third kappa shape index (κ3) is 2.72. The first-order valence-electron chi connectivity index (χ1n) is 8.52. The Kier molecular flexibility index (Phi) is 4.00. The largest absolute Gasteiger partial charge is 0.295 e. The molecule has 0 amide bonds. The number of halogens is 1. The molecule has 0 bridgehead atoms. The van der Waals surface area contributed by atoms with Crippen molar-refractivity contribution in [2.75, 3.05) is 19.8 Å². The van der Waals surface area contributed by atoms with Crippen LogP contribution in [0.3, 0.4) is 0 Å². The SMILES string of the molecule is [18F]C/C=C/c1ccc([C@@H]2CN3CCC[C@@H]3c3ccccc32)cc1. The van der Waals surface area contributed by atoms with E-state index in [2.05, 4.69) is 53.4 Å². The van der Waals surface area contributed by atoms with Gasteiger partial charge >= 0.3 is 0 Å². The van der Waals surface area contributed by atoms with Crippen LogP contribution in [0.25, 0.3) is 6.08 Å². The molecule has 2 aliphatic heterocycles. The minimum atomic E-state index is -0.409. The predicted molar refractivity (Wildman–Crippen MR) is 93.3 cm³/mol. The van der Waals surface area contributed by atoms with E-state index in [-0.39, 0.29) is 0 Å². The lowest BCUT2D eigenvalue weighted by atomic mass is 9.81. The Morgan fingerprint density at radius 2 is 1.83 bits per heavy atom. The van der Waals surface area contributed by atoms with Gasteiger partial charge in [-0.1, -0.05) is 60.7 Å². The Hall–Kier alpha value is -1.93. The second-order valence-corrected chi connectivity index (χ2v) is 6.56. The average molecular weight is 306 g/mol. The Morgan fingerprint density at radius 1 is 1.04 bits per heavy atom. The van der Waals surface area contributed by atoms with E-state index in [1.807, 2.05) is 6.08 Å². The molecule has 2 heterocycles. The molecule has 2 aromatic rings. The van der Waals surface area contributed by atoms with Gasteiger partial charge in [-0.15, -0.1) is 0 Å². The van der Waals surface area contributed by atoms with Crippen molar-refractivity contribution in [3.63, 3.8) is 0 Å². The van der Waals surface area contributed by atoms with Gasteiger partial charge in [0.05, 0.1) is 0 Å². The minimum absolute atomic E-state index is 0.409. The Bertz CT molecular complexity index is 704. The summed E-state index contributed by atoms with van der Waals surface area (Å²) in [5, 5.41) is 0. The smallest absolute Gasteiger partial charge is 0.108 e. The highest BCUT2D eigenvalue weighted by atomic mass is 18.2. The van der Waals surface area contributed by atoms with Crippen LogP contribution in [0.4, 0.5) is 4.39 Å². The maximum Gasteiger partial charge on any atom is 0.108 e. The van der Waals surface area contributed by atoms with E-state index in [1.165, 1.54) is 36.1 Å². The Morgan fingerprint density at radius 3 is 2.61 bits per heavy atom. The fourth-order valence-electron chi connectivity index (χ4n) is 4.17. The summed E-state index contributed by atoms with van der Waals surface area (Å²) in [4.78, 5) is 2.64. The van der Waals surface area contributed by atoms with Gasteiger partial charge in [-0.05, 0) is 41.6 Å². The number of alkyl halides is 1. The monoisotopic (exact) mass is 306 g/mol. The van der Waals surface area contributed by atoms with E-state index in [9.17, 15) is 4.39 Å². The van der Waals surface area contributed by atoms with Gasteiger partial charge in [0, 0.05) is 18.5 Å². The number of hydrogen-bond acceptors (Lipinski definition) is 1. The first-order valence-corrected chi connectivity index (χ1v) is 8.52. The summed E-state index contributed by atoms with van der Waals surface area (Å²) < 4.78 is 12.2. The van der Waals surface area contributed by atoms with Crippen LogP contribution >= 0.6 is 0 Å². The van der Waals surface area contributed by atoms with Gasteiger partial charge in [-0.3, -0.25) is 4.90 Å². The summed E-state index contributed by atoms with van der Waals surface area (Å²) in [6.07, 6.45) is 5.99. The lowest BCUT2D eigenvalue weighted by molar-refractivity contribution is 0.230. The van der Waals surface area contributed by atoms with Crippen LogP contribution in [0.1, 0.15) is 47.1 Å². The first-order chi connectivity index (χ1) is 11.4. The van der Waals surface area contributed by atoms with Gasteiger partial charge in [-0.25, -0.2) is 4.39 Å². The van der Waals surface area contributed by atoms with Crippen molar-refractivity contribution in [1.82, 2.24) is 4.90 Å². The van der Waals surface area contributed by atoms with Crippen LogP contribution in [0, 0.1) is 0 Å². The topological polar surface area (TPSA) is 3.24 Å². The van der Waals surface area contributed by atoms with Gasteiger partial charge < -0.3 is 0 Å². The molecule has 1 saturated heterocycles. The molecule has 0 aromatic heterocycles. The molecule has 0 unspecified atom stereocenters. The number of allylic oxidation sites excluding steroid dienone is 1. The Balaban J connectivity index is 1.68. The van der Waals surface area contributed by atoms with E-state index in [4.69, 9.17) is 0 Å². The predicted octanol–water partition coefficient (Wildman–Crippen LogP) is 4.95. The quantitative estimate of drug-likeness (QED) is 0.775. The molecule has 0 saturated carbocycles. The molecule has 0 radical (unpaired) electrons. The fraction of sp³-hybridized carbons (Fsp3) is 0.333. The molecule has 2 heteroatoms. The van der Waals surface area contributed by atoms with Crippen LogP contribution in [0.15, 0.2) is 54.6 Å². The third-order valence-electron chi connectivity index (χ3n) is 5.25. The molecule has 4 rings (SSSR count). The molecule has 2 aliphatic rings. The van der Waals surface area contributed by atoms with Crippen molar-refractivity contribution >= 4 is 6.08 Å². The number of hydrogen-bond donors (Lipinski definition) is 0. The highest BCUT2D eigenvalue weighted by Gasteiger charge is 2.35. The standard InChI is InChI=1S/C21H22FN/c22-13-3-5-16-9-11-17(12-10-16)20-15-23-14-4-8-21(23)19-7-2-1-6-18(19)20/h1-3,5-7,9-12,20-21H,4,8,13-15H2/b5-3+/t20-,21+/m0/s1/i22-1. The molecule has 2 atom stereocenters. The van der Waals surface area contributed by atoms with Crippen LogP contribution in [0.2, 0.25) is 0 Å². The highest BCUT2D eigenvalue weighted by Crippen LogP contribution is 2.43. The van der Waals surface area contributed by atoms with Crippen molar-refractivity contribution in [3.05, 3.63) is 76.9 Å². The third-order valence-corrected chi connectivity index (χ3v) is 5.25. The van der Waals surface area contributed by atoms with Crippen molar-refractivity contribution in [2.45, 2.75) is 24.8 Å². The highest BCUT2D eigenvalue weighted by molar-refractivity contribution is 5.51. The summed E-state index contributed by atoms with van der Waals surface area (Å²) in [5.74, 6) is 0.444. The number of benzene rings is 2. The second-order valence-electron chi connectivity index (χ2n) is 6.56. The van der Waals surface area contributed by atoms with E-state index in [0.717, 1.165) is 12.1 Å².